The van der Waals surface area contributed by atoms with Crippen LogP contribution in [0.4, 0.5) is 13.2 Å². The summed E-state index contributed by atoms with van der Waals surface area (Å²) in [5.41, 5.74) is 4.88. The maximum absolute atomic E-state index is 12.3. The lowest BCUT2D eigenvalue weighted by atomic mass is 9.90. The van der Waals surface area contributed by atoms with Gasteiger partial charge < -0.3 is 10.5 Å². The highest BCUT2D eigenvalue weighted by molar-refractivity contribution is 5.28. The molecule has 0 heterocycles. The van der Waals surface area contributed by atoms with E-state index in [1.165, 1.54) is 12.1 Å². The molecule has 2 N–H and O–H groups in total. The van der Waals surface area contributed by atoms with E-state index in [2.05, 4.69) is 0 Å². The van der Waals surface area contributed by atoms with Crippen molar-refractivity contribution in [1.29, 1.82) is 0 Å². The van der Waals surface area contributed by atoms with Crippen molar-refractivity contribution in [1.82, 2.24) is 0 Å². The fourth-order valence-electron chi connectivity index (χ4n) is 1.29. The lowest BCUT2D eigenvalue weighted by Gasteiger charge is -2.22. The molecule has 0 saturated carbocycles. The van der Waals surface area contributed by atoms with Gasteiger partial charge >= 0.3 is 6.18 Å². The van der Waals surface area contributed by atoms with Gasteiger partial charge in [0.05, 0.1) is 12.2 Å². The van der Waals surface area contributed by atoms with E-state index < -0.39 is 11.7 Å². The molecule has 0 aliphatic heterocycles. The Bertz CT molecular complexity index is 371. The summed E-state index contributed by atoms with van der Waals surface area (Å²) in [6.07, 6.45) is -3.55. The minimum absolute atomic E-state index is 0.0219. The van der Waals surface area contributed by atoms with Gasteiger partial charge in [0.1, 0.15) is 5.75 Å². The molecule has 0 aliphatic carbocycles. The molecule has 0 saturated heterocycles. The smallest absolute Gasteiger partial charge is 0.416 e. The van der Waals surface area contributed by atoms with Crippen LogP contribution >= 0.6 is 0 Å². The highest BCUT2D eigenvalue weighted by Gasteiger charge is 2.30. The van der Waals surface area contributed by atoms with E-state index in [0.29, 0.717) is 18.9 Å². The molecule has 102 valence electrons. The van der Waals surface area contributed by atoms with Crippen molar-refractivity contribution in [3.05, 3.63) is 29.8 Å². The fourth-order valence-corrected chi connectivity index (χ4v) is 1.29. The number of hydrogen-bond donors (Lipinski definition) is 1. The van der Waals surface area contributed by atoms with Crippen molar-refractivity contribution < 1.29 is 17.9 Å². The summed E-state index contributed by atoms with van der Waals surface area (Å²) < 4.78 is 42.3. The summed E-state index contributed by atoms with van der Waals surface area (Å²) in [5.74, 6) is 0.441. The van der Waals surface area contributed by atoms with Crippen LogP contribution in [0.15, 0.2) is 24.3 Å². The predicted octanol–water partition coefficient (Wildman–Crippen LogP) is 3.46. The molecule has 0 spiro atoms. The summed E-state index contributed by atoms with van der Waals surface area (Å²) in [5, 5.41) is 0. The molecule has 18 heavy (non-hydrogen) atoms. The van der Waals surface area contributed by atoms with E-state index in [0.717, 1.165) is 18.6 Å². The van der Waals surface area contributed by atoms with Crippen LogP contribution in [0.2, 0.25) is 0 Å². The maximum Gasteiger partial charge on any atom is 0.416 e. The van der Waals surface area contributed by atoms with Gasteiger partial charge in [-0.25, -0.2) is 0 Å². The minimum atomic E-state index is -4.31. The second-order valence-electron chi connectivity index (χ2n) is 4.99. The van der Waals surface area contributed by atoms with Crippen LogP contribution in [0.5, 0.6) is 5.75 Å². The number of ether oxygens (including phenoxy) is 1. The van der Waals surface area contributed by atoms with E-state index >= 15 is 0 Å². The van der Waals surface area contributed by atoms with E-state index in [4.69, 9.17) is 10.5 Å². The second kappa shape index (κ2) is 5.61. The Morgan fingerprint density at radius 2 is 1.67 bits per heavy atom. The maximum atomic E-state index is 12.3. The van der Waals surface area contributed by atoms with Crippen molar-refractivity contribution in [2.24, 2.45) is 11.1 Å². The summed E-state index contributed by atoms with van der Waals surface area (Å²) in [6, 6.07) is 4.70. The van der Waals surface area contributed by atoms with Crippen LogP contribution in [0.3, 0.4) is 0 Å². The Morgan fingerprint density at radius 3 is 2.11 bits per heavy atom. The van der Waals surface area contributed by atoms with Crippen LogP contribution in [0.25, 0.3) is 0 Å². The zero-order valence-corrected chi connectivity index (χ0v) is 10.6. The topological polar surface area (TPSA) is 35.2 Å². The molecule has 1 aromatic carbocycles. The van der Waals surface area contributed by atoms with Crippen molar-refractivity contribution >= 4 is 0 Å². The van der Waals surface area contributed by atoms with E-state index in [1.807, 2.05) is 13.8 Å². The molecule has 0 unspecified atom stereocenters. The molecule has 0 aromatic heterocycles. The summed E-state index contributed by atoms with van der Waals surface area (Å²) >= 11 is 0. The SMILES string of the molecule is CC(C)(CN)CCOc1ccc(C(F)(F)F)cc1. The predicted molar refractivity (Wildman–Crippen MR) is 64.4 cm³/mol. The summed E-state index contributed by atoms with van der Waals surface area (Å²) in [4.78, 5) is 0. The Hall–Kier alpha value is -1.23. The third-order valence-corrected chi connectivity index (χ3v) is 2.78. The van der Waals surface area contributed by atoms with Gasteiger partial charge in [0.2, 0.25) is 0 Å². The number of benzene rings is 1. The average Bonchev–Trinajstić information content (AvgIpc) is 2.28. The first-order valence-electron chi connectivity index (χ1n) is 5.75. The number of nitrogens with two attached hydrogens (primary N) is 1. The lowest BCUT2D eigenvalue weighted by molar-refractivity contribution is -0.137. The first kappa shape index (κ1) is 14.8. The number of hydrogen-bond acceptors (Lipinski definition) is 2. The van der Waals surface area contributed by atoms with Gasteiger partial charge in [-0.15, -0.1) is 0 Å². The highest BCUT2D eigenvalue weighted by Crippen LogP contribution is 2.30. The fraction of sp³-hybridized carbons (Fsp3) is 0.538. The van der Waals surface area contributed by atoms with Gasteiger partial charge in [-0.1, -0.05) is 13.8 Å². The van der Waals surface area contributed by atoms with Gasteiger partial charge in [-0.05, 0) is 42.6 Å². The molecule has 0 bridgehead atoms. The van der Waals surface area contributed by atoms with Crippen LogP contribution in [0, 0.1) is 5.41 Å². The molecule has 0 atom stereocenters. The minimum Gasteiger partial charge on any atom is -0.494 e. The van der Waals surface area contributed by atoms with Gasteiger partial charge in [0.25, 0.3) is 0 Å². The third-order valence-electron chi connectivity index (χ3n) is 2.78. The third kappa shape index (κ3) is 4.56. The molecule has 1 rings (SSSR count). The monoisotopic (exact) mass is 261 g/mol. The van der Waals surface area contributed by atoms with Gasteiger partial charge in [-0.2, -0.15) is 13.2 Å². The van der Waals surface area contributed by atoms with E-state index in [1.54, 1.807) is 0 Å². The summed E-state index contributed by atoms with van der Waals surface area (Å²) in [6.45, 7) is 5.02. The number of rotatable bonds is 5. The first-order chi connectivity index (χ1) is 8.24. The number of halogens is 3. The standard InChI is InChI=1S/C13H18F3NO/c1-12(2,9-17)7-8-18-11-5-3-10(4-6-11)13(14,15)16/h3-6H,7-9,17H2,1-2H3. The van der Waals surface area contributed by atoms with Gasteiger partial charge in [0.15, 0.2) is 0 Å². The van der Waals surface area contributed by atoms with Crippen LogP contribution < -0.4 is 10.5 Å². The highest BCUT2D eigenvalue weighted by atomic mass is 19.4. The Labute approximate surface area is 105 Å². The number of alkyl halides is 3. The Kier molecular flexibility index (Phi) is 4.62. The molecule has 0 radical (unpaired) electrons. The van der Waals surface area contributed by atoms with Crippen LogP contribution in [0.1, 0.15) is 25.8 Å². The van der Waals surface area contributed by atoms with Crippen LogP contribution in [-0.2, 0) is 6.18 Å². The second-order valence-corrected chi connectivity index (χ2v) is 4.99. The molecular weight excluding hydrogens is 243 g/mol. The molecule has 0 aliphatic rings. The van der Waals surface area contributed by atoms with Gasteiger partial charge in [-0.3, -0.25) is 0 Å². The molecule has 1 aromatic rings. The largest absolute Gasteiger partial charge is 0.494 e. The molecular formula is C13H18F3NO. The van der Waals surface area contributed by atoms with E-state index in [9.17, 15) is 13.2 Å². The zero-order chi connectivity index (χ0) is 13.8. The van der Waals surface area contributed by atoms with E-state index in [-0.39, 0.29) is 5.41 Å². The average molecular weight is 261 g/mol. The van der Waals surface area contributed by atoms with Crippen molar-refractivity contribution in [3.8, 4) is 5.75 Å². The summed E-state index contributed by atoms with van der Waals surface area (Å²) in [7, 11) is 0. The van der Waals surface area contributed by atoms with Crippen LogP contribution in [-0.4, -0.2) is 13.2 Å². The quantitative estimate of drug-likeness (QED) is 0.881. The van der Waals surface area contributed by atoms with Crippen molar-refractivity contribution in [2.45, 2.75) is 26.4 Å². The zero-order valence-electron chi connectivity index (χ0n) is 10.6. The first-order valence-corrected chi connectivity index (χ1v) is 5.75. The Balaban J connectivity index is 2.50. The molecule has 0 fully saturated rings. The van der Waals surface area contributed by atoms with Crippen molar-refractivity contribution in [2.75, 3.05) is 13.2 Å². The molecule has 2 nitrogen and oxygen atoms in total. The lowest BCUT2D eigenvalue weighted by Crippen LogP contribution is -2.25. The molecule has 0 amide bonds. The van der Waals surface area contributed by atoms with Gasteiger partial charge in [0, 0.05) is 0 Å². The molecule has 5 heteroatoms. The Morgan fingerprint density at radius 1 is 1.11 bits per heavy atom. The van der Waals surface area contributed by atoms with Crippen molar-refractivity contribution in [3.63, 3.8) is 0 Å². The normalized spacial score (nSPS) is 12.6.